The van der Waals surface area contributed by atoms with Crippen LogP contribution in [0.4, 0.5) is 0 Å². The third-order valence-electron chi connectivity index (χ3n) is 4.16. The van der Waals surface area contributed by atoms with Crippen LogP contribution in [-0.2, 0) is 4.74 Å². The molecule has 1 aromatic carbocycles. The van der Waals surface area contributed by atoms with E-state index in [2.05, 4.69) is 54.2 Å². The Balaban J connectivity index is 2.27. The number of halogens is 1. The van der Waals surface area contributed by atoms with Crippen LogP contribution in [0.5, 0.6) is 0 Å². The second-order valence-corrected chi connectivity index (χ2v) is 6.72. The number of hydrogen-bond acceptors (Lipinski definition) is 2. The molecule has 1 aromatic rings. The Morgan fingerprint density at radius 3 is 2.80 bits per heavy atom. The van der Waals surface area contributed by atoms with Crippen LogP contribution in [0.1, 0.15) is 48.9 Å². The van der Waals surface area contributed by atoms with Gasteiger partial charge in [-0.1, -0.05) is 28.9 Å². The molecule has 1 saturated heterocycles. The molecule has 1 aliphatic rings. The number of nitrogens with one attached hydrogen (secondary N) is 1. The Kier molecular flexibility index (Phi) is 6.06. The lowest BCUT2D eigenvalue weighted by Crippen LogP contribution is -2.34. The van der Waals surface area contributed by atoms with Crippen molar-refractivity contribution in [2.75, 3.05) is 19.8 Å². The summed E-state index contributed by atoms with van der Waals surface area (Å²) in [5.74, 6) is 0.592. The van der Waals surface area contributed by atoms with Crippen LogP contribution in [0.3, 0.4) is 0 Å². The summed E-state index contributed by atoms with van der Waals surface area (Å²) in [5, 5.41) is 3.75. The number of rotatable bonds is 5. The van der Waals surface area contributed by atoms with E-state index in [4.69, 9.17) is 4.74 Å². The van der Waals surface area contributed by atoms with Crippen molar-refractivity contribution in [2.24, 2.45) is 5.92 Å². The van der Waals surface area contributed by atoms with Gasteiger partial charge >= 0.3 is 0 Å². The summed E-state index contributed by atoms with van der Waals surface area (Å²) in [6.07, 6.45) is 3.61. The van der Waals surface area contributed by atoms with Crippen LogP contribution in [0.15, 0.2) is 16.6 Å². The molecular weight excluding hydrogens is 314 g/mol. The molecule has 112 valence electrons. The first kappa shape index (κ1) is 16.0. The Bertz CT molecular complexity index is 441. The van der Waals surface area contributed by atoms with Crippen LogP contribution >= 0.6 is 15.9 Å². The second-order valence-electron chi connectivity index (χ2n) is 5.87. The van der Waals surface area contributed by atoms with Gasteiger partial charge < -0.3 is 10.1 Å². The molecule has 0 amide bonds. The quantitative estimate of drug-likeness (QED) is 0.850. The van der Waals surface area contributed by atoms with Gasteiger partial charge in [-0.05, 0) is 62.4 Å². The molecule has 1 fully saturated rings. The summed E-state index contributed by atoms with van der Waals surface area (Å²) in [4.78, 5) is 0. The third kappa shape index (κ3) is 3.84. The summed E-state index contributed by atoms with van der Waals surface area (Å²) in [5.41, 5.74) is 4.11. The van der Waals surface area contributed by atoms with Crippen molar-refractivity contribution >= 4 is 15.9 Å². The summed E-state index contributed by atoms with van der Waals surface area (Å²) < 4.78 is 6.91. The van der Waals surface area contributed by atoms with Crippen LogP contribution in [0, 0.1) is 19.8 Å². The van der Waals surface area contributed by atoms with Gasteiger partial charge in [0.05, 0.1) is 6.61 Å². The monoisotopic (exact) mass is 339 g/mol. The first-order valence-electron chi connectivity index (χ1n) is 7.71. The number of aryl methyl sites for hydroxylation is 2. The summed E-state index contributed by atoms with van der Waals surface area (Å²) in [6.45, 7) is 9.48. The molecule has 0 aliphatic carbocycles. The first-order valence-corrected chi connectivity index (χ1v) is 8.50. The van der Waals surface area contributed by atoms with Gasteiger partial charge in [-0.2, -0.15) is 0 Å². The summed E-state index contributed by atoms with van der Waals surface area (Å²) in [7, 11) is 0. The maximum Gasteiger partial charge on any atom is 0.0512 e. The highest BCUT2D eigenvalue weighted by Crippen LogP contribution is 2.33. The molecule has 2 unspecified atom stereocenters. The van der Waals surface area contributed by atoms with Gasteiger partial charge in [-0.25, -0.2) is 0 Å². The van der Waals surface area contributed by atoms with E-state index in [1.165, 1.54) is 40.4 Å². The maximum atomic E-state index is 5.71. The van der Waals surface area contributed by atoms with E-state index in [0.29, 0.717) is 12.0 Å². The molecule has 0 saturated carbocycles. The lowest BCUT2D eigenvalue weighted by molar-refractivity contribution is 0.0389. The lowest BCUT2D eigenvalue weighted by atomic mass is 9.86. The number of ether oxygens (including phenoxy) is 1. The molecule has 1 heterocycles. The Labute approximate surface area is 131 Å². The Hall–Kier alpha value is -0.380. The molecule has 2 nitrogen and oxygen atoms in total. The van der Waals surface area contributed by atoms with E-state index in [9.17, 15) is 0 Å². The van der Waals surface area contributed by atoms with Crippen LogP contribution in [0.25, 0.3) is 0 Å². The molecule has 0 aromatic heterocycles. The minimum Gasteiger partial charge on any atom is -0.381 e. The SMILES string of the molecule is CCCNC(c1cc(C)c(Br)cc1C)C1CCCOC1. The van der Waals surface area contributed by atoms with Crippen LogP contribution < -0.4 is 5.32 Å². The zero-order valence-corrected chi connectivity index (χ0v) is 14.4. The van der Waals surface area contributed by atoms with E-state index in [1.807, 2.05) is 0 Å². The van der Waals surface area contributed by atoms with E-state index in [1.54, 1.807) is 0 Å². The van der Waals surface area contributed by atoms with Crippen molar-refractivity contribution < 1.29 is 4.74 Å². The van der Waals surface area contributed by atoms with E-state index in [-0.39, 0.29) is 0 Å². The highest BCUT2D eigenvalue weighted by atomic mass is 79.9. The van der Waals surface area contributed by atoms with E-state index < -0.39 is 0 Å². The molecule has 20 heavy (non-hydrogen) atoms. The summed E-state index contributed by atoms with van der Waals surface area (Å²) >= 11 is 3.63. The fourth-order valence-electron chi connectivity index (χ4n) is 3.00. The first-order chi connectivity index (χ1) is 9.63. The average molecular weight is 340 g/mol. The normalized spacial score (nSPS) is 20.9. The van der Waals surface area contributed by atoms with E-state index in [0.717, 1.165) is 19.8 Å². The number of hydrogen-bond donors (Lipinski definition) is 1. The van der Waals surface area contributed by atoms with Gasteiger partial charge in [-0.3, -0.25) is 0 Å². The van der Waals surface area contributed by atoms with Crippen molar-refractivity contribution in [1.82, 2.24) is 5.32 Å². The fraction of sp³-hybridized carbons (Fsp3) is 0.647. The van der Waals surface area contributed by atoms with E-state index >= 15 is 0 Å². The molecule has 0 bridgehead atoms. The van der Waals surface area contributed by atoms with Gasteiger partial charge in [-0.15, -0.1) is 0 Å². The minimum atomic E-state index is 0.419. The smallest absolute Gasteiger partial charge is 0.0512 e. The van der Waals surface area contributed by atoms with Gasteiger partial charge in [0.1, 0.15) is 0 Å². The Morgan fingerprint density at radius 2 is 2.15 bits per heavy atom. The zero-order valence-electron chi connectivity index (χ0n) is 12.8. The second kappa shape index (κ2) is 7.58. The minimum absolute atomic E-state index is 0.419. The van der Waals surface area contributed by atoms with Crippen molar-refractivity contribution in [1.29, 1.82) is 0 Å². The number of benzene rings is 1. The Morgan fingerprint density at radius 1 is 1.35 bits per heavy atom. The topological polar surface area (TPSA) is 21.3 Å². The molecular formula is C17H26BrNO. The van der Waals surface area contributed by atoms with Crippen molar-refractivity contribution in [2.45, 2.75) is 46.1 Å². The van der Waals surface area contributed by atoms with Gasteiger partial charge in [0.2, 0.25) is 0 Å². The molecule has 1 aliphatic heterocycles. The third-order valence-corrected chi connectivity index (χ3v) is 5.02. The lowest BCUT2D eigenvalue weighted by Gasteiger charge is -2.32. The average Bonchev–Trinajstić information content (AvgIpc) is 2.45. The van der Waals surface area contributed by atoms with Crippen molar-refractivity contribution in [3.05, 3.63) is 33.3 Å². The molecule has 2 atom stereocenters. The molecule has 3 heteroatoms. The predicted octanol–water partition coefficient (Wildman–Crippen LogP) is 4.53. The largest absolute Gasteiger partial charge is 0.381 e. The molecule has 1 N–H and O–H groups in total. The zero-order chi connectivity index (χ0) is 14.5. The molecule has 2 rings (SSSR count). The molecule has 0 radical (unpaired) electrons. The van der Waals surface area contributed by atoms with Crippen LogP contribution in [-0.4, -0.2) is 19.8 Å². The van der Waals surface area contributed by atoms with Crippen molar-refractivity contribution in [3.8, 4) is 0 Å². The highest BCUT2D eigenvalue weighted by molar-refractivity contribution is 9.10. The van der Waals surface area contributed by atoms with Gasteiger partial charge in [0, 0.05) is 23.0 Å². The van der Waals surface area contributed by atoms with Crippen LogP contribution in [0.2, 0.25) is 0 Å². The van der Waals surface area contributed by atoms with Crippen molar-refractivity contribution in [3.63, 3.8) is 0 Å². The van der Waals surface area contributed by atoms with Gasteiger partial charge in [0.15, 0.2) is 0 Å². The standard InChI is InChI=1S/C17H26BrNO/c1-4-7-19-17(14-6-5-8-20-11-14)15-9-13(3)16(18)10-12(15)2/h9-10,14,17,19H,4-8,11H2,1-3H3. The van der Waals surface area contributed by atoms with Gasteiger partial charge in [0.25, 0.3) is 0 Å². The highest BCUT2D eigenvalue weighted by Gasteiger charge is 2.26. The maximum absolute atomic E-state index is 5.71. The fourth-order valence-corrected chi connectivity index (χ4v) is 3.46. The summed E-state index contributed by atoms with van der Waals surface area (Å²) in [6, 6.07) is 5.00. The predicted molar refractivity (Wildman–Crippen MR) is 88.2 cm³/mol. The molecule has 0 spiro atoms.